The maximum atomic E-state index is 11.2. The molecule has 0 unspecified atom stereocenters. The van der Waals surface area contributed by atoms with E-state index in [0.717, 1.165) is 10.0 Å². The summed E-state index contributed by atoms with van der Waals surface area (Å²) in [5.41, 5.74) is 2.49. The second-order valence-corrected chi connectivity index (χ2v) is 5.84. The number of nitrogens with one attached hydrogen (secondary N) is 1. The van der Waals surface area contributed by atoms with Crippen molar-refractivity contribution in [2.45, 2.75) is 25.8 Å². The van der Waals surface area contributed by atoms with Crippen LogP contribution in [0.1, 0.15) is 18.9 Å². The van der Waals surface area contributed by atoms with E-state index in [0.29, 0.717) is 6.42 Å². The molecule has 0 aliphatic carbocycles. The van der Waals surface area contributed by atoms with Gasteiger partial charge in [-0.3, -0.25) is 16.1 Å². The Morgan fingerprint density at radius 2 is 2.05 bits per heavy atom. The summed E-state index contributed by atoms with van der Waals surface area (Å²) in [4.78, 5) is 11.2. The average Bonchev–Trinajstić information content (AvgIpc) is 2.40. The third-order valence-electron chi connectivity index (χ3n) is 3.19. The highest BCUT2D eigenvalue weighted by atomic mass is 79.9. The van der Waals surface area contributed by atoms with Gasteiger partial charge in [0.05, 0.1) is 12.0 Å². The highest BCUT2D eigenvalue weighted by molar-refractivity contribution is 9.10. The molecular weight excluding hydrogens is 312 g/mol. The lowest BCUT2D eigenvalue weighted by atomic mass is 9.83. The number of aliphatic hydroxyl groups is 1. The first-order chi connectivity index (χ1) is 8.91. The predicted molar refractivity (Wildman–Crippen MR) is 76.4 cm³/mol. The van der Waals surface area contributed by atoms with E-state index in [9.17, 15) is 9.90 Å². The molecular formula is C13H19BrN2O3. The van der Waals surface area contributed by atoms with Gasteiger partial charge in [0.2, 0.25) is 0 Å². The van der Waals surface area contributed by atoms with Crippen molar-refractivity contribution in [2.24, 2.45) is 11.3 Å². The number of hydrazine groups is 1. The van der Waals surface area contributed by atoms with E-state index in [1.165, 1.54) is 6.92 Å². The van der Waals surface area contributed by atoms with Gasteiger partial charge < -0.3 is 10.2 Å². The number of carbonyl (C=O) groups is 1. The van der Waals surface area contributed by atoms with Crippen LogP contribution in [0.2, 0.25) is 0 Å². The Labute approximate surface area is 120 Å². The molecule has 19 heavy (non-hydrogen) atoms. The number of rotatable bonds is 7. The molecule has 0 saturated carbocycles. The van der Waals surface area contributed by atoms with Gasteiger partial charge >= 0.3 is 5.97 Å². The number of carboxylic acids is 1. The minimum Gasteiger partial charge on any atom is -0.481 e. The smallest absolute Gasteiger partial charge is 0.311 e. The second-order valence-electron chi connectivity index (χ2n) is 4.92. The molecule has 1 rings (SSSR count). The summed E-state index contributed by atoms with van der Waals surface area (Å²) in [7, 11) is 0. The van der Waals surface area contributed by atoms with Crippen LogP contribution in [0.4, 0.5) is 0 Å². The van der Waals surface area contributed by atoms with Gasteiger partial charge in [0.15, 0.2) is 0 Å². The van der Waals surface area contributed by atoms with Crippen molar-refractivity contribution in [3.8, 4) is 0 Å². The van der Waals surface area contributed by atoms with E-state index < -0.39 is 18.0 Å². The first kappa shape index (κ1) is 16.1. The van der Waals surface area contributed by atoms with E-state index in [-0.39, 0.29) is 12.5 Å². The molecule has 1 aromatic carbocycles. The summed E-state index contributed by atoms with van der Waals surface area (Å²) in [6.07, 6.45) is 0.859. The number of hydrogen-bond acceptors (Lipinski definition) is 4. The minimum atomic E-state index is -1.19. The van der Waals surface area contributed by atoms with Crippen LogP contribution in [0, 0.1) is 5.41 Å². The number of nitrogens with two attached hydrogens (primary N) is 1. The molecule has 6 heteroatoms. The van der Waals surface area contributed by atoms with Crippen molar-refractivity contribution in [1.82, 2.24) is 5.43 Å². The van der Waals surface area contributed by atoms with Crippen LogP contribution in [0.3, 0.4) is 0 Å². The quantitative estimate of drug-likeness (QED) is 0.446. The van der Waals surface area contributed by atoms with E-state index in [2.05, 4.69) is 21.4 Å². The van der Waals surface area contributed by atoms with Crippen LogP contribution in [0.15, 0.2) is 28.7 Å². The normalized spacial score (nSPS) is 15.8. The topological polar surface area (TPSA) is 95.6 Å². The molecule has 0 heterocycles. The highest BCUT2D eigenvalue weighted by Gasteiger charge is 2.35. The highest BCUT2D eigenvalue weighted by Crippen LogP contribution is 2.24. The lowest BCUT2D eigenvalue weighted by molar-refractivity contribution is -0.151. The van der Waals surface area contributed by atoms with Crippen LogP contribution in [-0.4, -0.2) is 28.8 Å². The molecule has 2 atom stereocenters. The second kappa shape index (κ2) is 7.00. The molecule has 0 saturated heterocycles. The molecule has 0 fully saturated rings. The number of aliphatic hydroxyl groups excluding tert-OH is 1. The van der Waals surface area contributed by atoms with Crippen LogP contribution in [0.5, 0.6) is 0 Å². The Balaban J connectivity index is 2.73. The monoisotopic (exact) mass is 330 g/mol. The third kappa shape index (κ3) is 4.58. The standard InChI is InChI=1S/C13H19BrN2O3/c1-13(8-17,12(18)19)7-11(16-15)6-9-2-4-10(14)5-3-9/h2-5,11,16-17H,6-8,15H2,1H3,(H,18,19)/t11-,13+/m1/s1. The molecule has 0 aliphatic rings. The van der Waals surface area contributed by atoms with Gasteiger partial charge in [0.25, 0.3) is 0 Å². The Hall–Kier alpha value is -0.950. The first-order valence-electron chi connectivity index (χ1n) is 5.96. The summed E-state index contributed by atoms with van der Waals surface area (Å²) < 4.78 is 0.985. The van der Waals surface area contributed by atoms with Crippen molar-refractivity contribution in [2.75, 3.05) is 6.61 Å². The van der Waals surface area contributed by atoms with Crippen LogP contribution in [-0.2, 0) is 11.2 Å². The SMILES string of the molecule is C[C@@](CO)(C[C@@H](Cc1ccc(Br)cc1)NN)C(=O)O. The lowest BCUT2D eigenvalue weighted by Gasteiger charge is -2.27. The fourth-order valence-electron chi connectivity index (χ4n) is 1.86. The molecule has 0 aromatic heterocycles. The molecule has 5 N–H and O–H groups in total. The van der Waals surface area contributed by atoms with Gasteiger partial charge in [0, 0.05) is 10.5 Å². The molecule has 1 aromatic rings. The Kier molecular flexibility index (Phi) is 5.93. The van der Waals surface area contributed by atoms with E-state index in [1.807, 2.05) is 24.3 Å². The van der Waals surface area contributed by atoms with Crippen LogP contribution in [0.25, 0.3) is 0 Å². The summed E-state index contributed by atoms with van der Waals surface area (Å²) in [5.74, 6) is 4.46. The van der Waals surface area contributed by atoms with Crippen LogP contribution < -0.4 is 11.3 Å². The molecule has 0 spiro atoms. The summed E-state index contributed by atoms with van der Waals surface area (Å²) >= 11 is 3.36. The average molecular weight is 331 g/mol. The first-order valence-corrected chi connectivity index (χ1v) is 6.75. The molecule has 0 bridgehead atoms. The Bertz CT molecular complexity index is 424. The predicted octanol–water partition coefficient (Wildman–Crippen LogP) is 1.30. The van der Waals surface area contributed by atoms with Crippen molar-refractivity contribution in [3.05, 3.63) is 34.3 Å². The number of benzene rings is 1. The lowest BCUT2D eigenvalue weighted by Crippen LogP contribution is -2.44. The molecule has 0 aliphatic heterocycles. The Morgan fingerprint density at radius 1 is 1.47 bits per heavy atom. The largest absolute Gasteiger partial charge is 0.481 e. The van der Waals surface area contributed by atoms with Crippen molar-refractivity contribution >= 4 is 21.9 Å². The maximum absolute atomic E-state index is 11.2. The van der Waals surface area contributed by atoms with Crippen molar-refractivity contribution < 1.29 is 15.0 Å². The van der Waals surface area contributed by atoms with Crippen molar-refractivity contribution in [3.63, 3.8) is 0 Å². The number of hydrogen-bond donors (Lipinski definition) is 4. The molecule has 5 nitrogen and oxygen atoms in total. The summed E-state index contributed by atoms with van der Waals surface area (Å²) in [5, 5.41) is 18.4. The van der Waals surface area contributed by atoms with Gasteiger partial charge in [0.1, 0.15) is 0 Å². The minimum absolute atomic E-state index is 0.213. The van der Waals surface area contributed by atoms with Gasteiger partial charge in [-0.1, -0.05) is 28.1 Å². The number of halogens is 1. The van der Waals surface area contributed by atoms with E-state index in [1.54, 1.807) is 0 Å². The van der Waals surface area contributed by atoms with Gasteiger partial charge in [-0.05, 0) is 37.5 Å². The summed E-state index contributed by atoms with van der Waals surface area (Å²) in [6.45, 7) is 1.10. The van der Waals surface area contributed by atoms with Crippen molar-refractivity contribution in [1.29, 1.82) is 0 Å². The zero-order valence-electron chi connectivity index (χ0n) is 10.8. The third-order valence-corrected chi connectivity index (χ3v) is 3.72. The molecule has 106 valence electrons. The fraction of sp³-hybridized carbons (Fsp3) is 0.462. The molecule has 0 radical (unpaired) electrons. The van der Waals surface area contributed by atoms with Gasteiger partial charge in [-0.15, -0.1) is 0 Å². The van der Waals surface area contributed by atoms with E-state index in [4.69, 9.17) is 10.9 Å². The van der Waals surface area contributed by atoms with Gasteiger partial charge in [-0.2, -0.15) is 0 Å². The number of aliphatic carboxylic acids is 1. The van der Waals surface area contributed by atoms with Crippen LogP contribution >= 0.6 is 15.9 Å². The summed E-state index contributed by atoms with van der Waals surface area (Å²) in [6, 6.07) is 7.53. The van der Waals surface area contributed by atoms with E-state index >= 15 is 0 Å². The molecule has 0 amide bonds. The zero-order chi connectivity index (χ0) is 14.5. The number of carboxylic acid groups (broad SMARTS) is 1. The zero-order valence-corrected chi connectivity index (χ0v) is 12.4. The maximum Gasteiger partial charge on any atom is 0.311 e. The Morgan fingerprint density at radius 3 is 2.47 bits per heavy atom. The van der Waals surface area contributed by atoms with Gasteiger partial charge in [-0.25, -0.2) is 0 Å². The fourth-order valence-corrected chi connectivity index (χ4v) is 2.12.